The number of halogens is 1. The van der Waals surface area contributed by atoms with Gasteiger partial charge in [-0.3, -0.25) is 0 Å². The van der Waals surface area contributed by atoms with E-state index >= 15 is 0 Å². The fraction of sp³-hybridized carbons (Fsp3) is 0.400. The third-order valence-corrected chi connectivity index (χ3v) is 4.56. The summed E-state index contributed by atoms with van der Waals surface area (Å²) in [5, 5.41) is 4.69. The summed E-state index contributed by atoms with van der Waals surface area (Å²) < 4.78 is 1.07. The number of rotatable bonds is 4. The Bertz CT molecular complexity index is 607. The molecule has 108 valence electrons. The van der Waals surface area contributed by atoms with Crippen LogP contribution < -0.4 is 10.2 Å². The van der Waals surface area contributed by atoms with Gasteiger partial charge in [-0.1, -0.05) is 15.9 Å². The Morgan fingerprint density at radius 2 is 2.00 bits per heavy atom. The molecular formula is C15H20BrN3S. The van der Waals surface area contributed by atoms with Crippen LogP contribution >= 0.6 is 27.3 Å². The third kappa shape index (κ3) is 3.33. The van der Waals surface area contributed by atoms with Crippen LogP contribution in [0.5, 0.6) is 0 Å². The maximum atomic E-state index is 4.63. The molecule has 0 aliphatic carbocycles. The van der Waals surface area contributed by atoms with Gasteiger partial charge in [0, 0.05) is 23.4 Å². The van der Waals surface area contributed by atoms with Crippen LogP contribution in [-0.4, -0.2) is 19.1 Å². The molecule has 20 heavy (non-hydrogen) atoms. The molecule has 2 rings (SSSR count). The van der Waals surface area contributed by atoms with Gasteiger partial charge in [-0.2, -0.15) is 0 Å². The lowest BCUT2D eigenvalue weighted by Crippen LogP contribution is -2.14. The van der Waals surface area contributed by atoms with Crippen LogP contribution in [0.3, 0.4) is 0 Å². The molecule has 1 atom stereocenters. The van der Waals surface area contributed by atoms with Gasteiger partial charge in [-0.05, 0) is 39.0 Å². The summed E-state index contributed by atoms with van der Waals surface area (Å²) in [6.07, 6.45) is 0. The Labute approximate surface area is 133 Å². The van der Waals surface area contributed by atoms with E-state index in [-0.39, 0.29) is 6.04 Å². The number of aromatic nitrogens is 1. The van der Waals surface area contributed by atoms with Gasteiger partial charge in [0.05, 0.1) is 28.1 Å². The Morgan fingerprint density at radius 3 is 2.55 bits per heavy atom. The normalized spacial score (nSPS) is 12.3. The molecule has 1 unspecified atom stereocenters. The van der Waals surface area contributed by atoms with E-state index in [0.29, 0.717) is 0 Å². The van der Waals surface area contributed by atoms with E-state index in [4.69, 9.17) is 0 Å². The number of anilines is 2. The molecule has 0 spiro atoms. The van der Waals surface area contributed by atoms with E-state index in [1.165, 1.54) is 10.6 Å². The highest BCUT2D eigenvalue weighted by Gasteiger charge is 2.15. The van der Waals surface area contributed by atoms with Gasteiger partial charge in [0.2, 0.25) is 0 Å². The zero-order chi connectivity index (χ0) is 14.9. The second-order valence-corrected chi connectivity index (χ2v) is 7.42. The van der Waals surface area contributed by atoms with Crippen LogP contribution in [-0.2, 0) is 0 Å². The van der Waals surface area contributed by atoms with Crippen molar-refractivity contribution in [1.82, 2.24) is 4.98 Å². The minimum absolute atomic E-state index is 0.188. The number of benzene rings is 1. The van der Waals surface area contributed by atoms with Crippen molar-refractivity contribution in [3.8, 4) is 0 Å². The number of nitrogens with zero attached hydrogens (tertiary/aromatic N) is 2. The third-order valence-electron chi connectivity index (χ3n) is 3.16. The van der Waals surface area contributed by atoms with Gasteiger partial charge in [-0.25, -0.2) is 4.98 Å². The highest BCUT2D eigenvalue weighted by Crippen LogP contribution is 2.32. The molecule has 0 radical (unpaired) electrons. The smallest absolute Gasteiger partial charge is 0.0901 e. The fourth-order valence-corrected chi connectivity index (χ4v) is 3.54. The molecule has 0 fully saturated rings. The summed E-state index contributed by atoms with van der Waals surface area (Å²) in [4.78, 5) is 8.03. The first-order chi connectivity index (χ1) is 9.38. The van der Waals surface area contributed by atoms with Crippen LogP contribution in [0, 0.1) is 13.8 Å². The second-order valence-electron chi connectivity index (χ2n) is 5.10. The van der Waals surface area contributed by atoms with Crippen molar-refractivity contribution in [2.24, 2.45) is 0 Å². The maximum absolute atomic E-state index is 4.63. The molecule has 3 nitrogen and oxygen atoms in total. The highest BCUT2D eigenvalue weighted by molar-refractivity contribution is 9.10. The first-order valence-electron chi connectivity index (χ1n) is 6.56. The monoisotopic (exact) mass is 353 g/mol. The maximum Gasteiger partial charge on any atom is 0.0901 e. The van der Waals surface area contributed by atoms with Gasteiger partial charge in [0.15, 0.2) is 0 Å². The van der Waals surface area contributed by atoms with Crippen molar-refractivity contribution in [1.29, 1.82) is 0 Å². The fourth-order valence-electron chi connectivity index (χ4n) is 2.26. The average Bonchev–Trinajstić information content (AvgIpc) is 2.68. The van der Waals surface area contributed by atoms with Crippen molar-refractivity contribution in [3.63, 3.8) is 0 Å². The number of nitrogens with one attached hydrogen (secondary N) is 1. The van der Waals surface area contributed by atoms with E-state index in [1.807, 2.05) is 0 Å². The van der Waals surface area contributed by atoms with Crippen molar-refractivity contribution < 1.29 is 0 Å². The molecule has 0 amide bonds. The van der Waals surface area contributed by atoms with Gasteiger partial charge in [0.1, 0.15) is 0 Å². The van der Waals surface area contributed by atoms with E-state index in [0.717, 1.165) is 20.9 Å². The zero-order valence-corrected chi connectivity index (χ0v) is 14.9. The Kier molecular flexibility index (Phi) is 4.70. The summed E-state index contributed by atoms with van der Waals surface area (Å²) in [5.74, 6) is 0. The predicted molar refractivity (Wildman–Crippen MR) is 92.1 cm³/mol. The Hall–Kier alpha value is -1.07. The van der Waals surface area contributed by atoms with Crippen molar-refractivity contribution in [3.05, 3.63) is 38.3 Å². The molecule has 0 saturated carbocycles. The highest BCUT2D eigenvalue weighted by atomic mass is 79.9. The van der Waals surface area contributed by atoms with E-state index in [1.54, 1.807) is 11.3 Å². The molecule has 0 aliphatic rings. The van der Waals surface area contributed by atoms with Crippen LogP contribution in [0.25, 0.3) is 0 Å². The molecule has 1 heterocycles. The van der Waals surface area contributed by atoms with Crippen LogP contribution in [0.1, 0.15) is 28.5 Å². The standard InChI is InChI=1S/C15H20BrN3S/c1-9(15-10(2)20-11(3)18-15)17-13-8-12(16)6-7-14(13)19(4)5/h6-9,17H,1-5H3. The molecule has 0 saturated heterocycles. The first-order valence-corrected chi connectivity index (χ1v) is 8.16. The van der Waals surface area contributed by atoms with Crippen molar-refractivity contribution >= 4 is 38.6 Å². The summed E-state index contributed by atoms with van der Waals surface area (Å²) in [7, 11) is 4.11. The number of thiazole rings is 1. The molecule has 1 N–H and O–H groups in total. The molecule has 5 heteroatoms. The lowest BCUT2D eigenvalue weighted by Gasteiger charge is -2.22. The van der Waals surface area contributed by atoms with E-state index < -0.39 is 0 Å². The molecule has 0 bridgehead atoms. The lowest BCUT2D eigenvalue weighted by molar-refractivity contribution is 0.836. The SMILES string of the molecule is Cc1nc(C(C)Nc2cc(Br)ccc2N(C)C)c(C)s1. The summed E-state index contributed by atoms with van der Waals surface area (Å²) >= 11 is 5.29. The largest absolute Gasteiger partial charge is 0.376 e. The van der Waals surface area contributed by atoms with E-state index in [2.05, 4.69) is 84.2 Å². The zero-order valence-electron chi connectivity index (χ0n) is 12.5. The lowest BCUT2D eigenvalue weighted by atomic mass is 10.2. The van der Waals surface area contributed by atoms with Crippen molar-refractivity contribution in [2.75, 3.05) is 24.3 Å². The minimum Gasteiger partial charge on any atom is -0.376 e. The minimum atomic E-state index is 0.188. The van der Waals surface area contributed by atoms with Gasteiger partial charge in [-0.15, -0.1) is 11.3 Å². The summed E-state index contributed by atoms with van der Waals surface area (Å²) in [6, 6.07) is 6.47. The second kappa shape index (κ2) is 6.14. The first kappa shape index (κ1) is 15.3. The Balaban J connectivity index is 2.29. The number of hydrogen-bond donors (Lipinski definition) is 1. The van der Waals surface area contributed by atoms with Gasteiger partial charge in [0.25, 0.3) is 0 Å². The van der Waals surface area contributed by atoms with Gasteiger partial charge < -0.3 is 10.2 Å². The van der Waals surface area contributed by atoms with Crippen LogP contribution in [0.2, 0.25) is 0 Å². The number of hydrogen-bond acceptors (Lipinski definition) is 4. The summed E-state index contributed by atoms with van der Waals surface area (Å²) in [5.41, 5.74) is 3.42. The molecule has 1 aromatic carbocycles. The molecular weight excluding hydrogens is 334 g/mol. The molecule has 0 aliphatic heterocycles. The van der Waals surface area contributed by atoms with E-state index in [9.17, 15) is 0 Å². The molecule has 2 aromatic rings. The predicted octanol–water partition coefficient (Wildman–Crippen LogP) is 4.76. The van der Waals surface area contributed by atoms with Gasteiger partial charge >= 0.3 is 0 Å². The Morgan fingerprint density at radius 1 is 1.30 bits per heavy atom. The average molecular weight is 354 g/mol. The quantitative estimate of drug-likeness (QED) is 0.858. The summed E-state index contributed by atoms with van der Waals surface area (Å²) in [6.45, 7) is 6.34. The van der Waals surface area contributed by atoms with Crippen LogP contribution in [0.15, 0.2) is 22.7 Å². The topological polar surface area (TPSA) is 28.2 Å². The van der Waals surface area contributed by atoms with Crippen LogP contribution in [0.4, 0.5) is 11.4 Å². The number of aryl methyl sites for hydroxylation is 2. The van der Waals surface area contributed by atoms with Crippen molar-refractivity contribution in [2.45, 2.75) is 26.8 Å². The molecule has 1 aromatic heterocycles.